The molecule has 0 radical (unpaired) electrons. The topological polar surface area (TPSA) is 136 Å². The Hall–Kier alpha value is -5.67. The molecule has 0 saturated heterocycles. The number of ether oxygens (including phenoxy) is 2. The summed E-state index contributed by atoms with van der Waals surface area (Å²) in [5.74, 6) is -0.00833. The number of hydrogen-bond acceptors (Lipinski definition) is 8. The van der Waals surface area contributed by atoms with E-state index in [-0.39, 0.29) is 18.0 Å². The third-order valence-corrected chi connectivity index (χ3v) is 15.7. The summed E-state index contributed by atoms with van der Waals surface area (Å²) in [6.07, 6.45) is 17.8. The van der Waals surface area contributed by atoms with Crippen molar-refractivity contribution in [2.75, 3.05) is 14.2 Å². The van der Waals surface area contributed by atoms with Gasteiger partial charge in [-0.05, 0) is 192 Å². The van der Waals surface area contributed by atoms with Crippen LogP contribution in [0, 0.1) is 0 Å². The van der Waals surface area contributed by atoms with Crippen molar-refractivity contribution in [3.63, 3.8) is 0 Å². The quantitative estimate of drug-likeness (QED) is 0.0619. The molecule has 8 aromatic rings. The zero-order chi connectivity index (χ0) is 52.3. The van der Waals surface area contributed by atoms with Crippen LogP contribution < -0.4 is 5.32 Å². The van der Waals surface area contributed by atoms with E-state index in [2.05, 4.69) is 130 Å². The van der Waals surface area contributed by atoms with Crippen LogP contribution >= 0.6 is 63.7 Å². The van der Waals surface area contributed by atoms with Crippen LogP contribution in [0.15, 0.2) is 164 Å². The molecule has 0 bridgehead atoms. The van der Waals surface area contributed by atoms with Gasteiger partial charge in [0, 0.05) is 75.6 Å². The minimum atomic E-state index is -0.122. The molecule has 380 valence electrons. The molecule has 4 aromatic heterocycles. The molecule has 14 heteroatoms. The van der Waals surface area contributed by atoms with Crippen molar-refractivity contribution in [2.24, 2.45) is 0 Å². The zero-order valence-electron chi connectivity index (χ0n) is 41.7. The standard InChI is InChI=1S/C16H16BrNO.C15H12BrN3.C15H15BrN2O.C15H12BrNO/c1-19-16(12-5-3-7-14(17)8-12)15-9-11-4-2-6-13(11)10-18-15;16-13-6-2-4-11(7-13)15(19-17)14-8-10-3-1-5-12(10)9-18-14;1-19-15(10-3-2-4-13(16)5-10)14-6-11-7-17-8-12(11)9-18-14;16-13-6-2-4-11(7-13)15(18)14-8-10-3-1-5-12(10)9-17-14/h3,5,7-10,16H,2,4,6H2,1H3;2,4,6-9H,1,3,5H2;2-6,9,15,17H,7-8H2,1H3;2,4,6-9H,1,3,5H2. The van der Waals surface area contributed by atoms with Gasteiger partial charge < -0.3 is 20.3 Å². The number of pyridine rings is 4. The van der Waals surface area contributed by atoms with Crippen molar-refractivity contribution < 1.29 is 19.1 Å². The van der Waals surface area contributed by atoms with Gasteiger partial charge in [-0.3, -0.25) is 19.7 Å². The molecule has 1 N–H and O–H groups in total. The largest absolute Gasteiger partial charge is 0.370 e. The summed E-state index contributed by atoms with van der Waals surface area (Å²) in [5.41, 5.74) is 27.5. The fourth-order valence-corrected chi connectivity index (χ4v) is 11.6. The normalized spacial score (nSPS) is 14.2. The van der Waals surface area contributed by atoms with Crippen LogP contribution in [-0.4, -0.2) is 50.4 Å². The van der Waals surface area contributed by atoms with E-state index in [9.17, 15) is 10.3 Å². The van der Waals surface area contributed by atoms with Crippen LogP contribution in [0.25, 0.3) is 5.53 Å². The van der Waals surface area contributed by atoms with E-state index < -0.39 is 0 Å². The van der Waals surface area contributed by atoms with Gasteiger partial charge in [-0.2, -0.15) is 4.79 Å². The number of hydrogen-bond donors (Lipinski definition) is 1. The lowest BCUT2D eigenvalue weighted by molar-refractivity contribution is -0.00314. The molecule has 0 fully saturated rings. The monoisotopic (exact) mass is 1250 g/mol. The third-order valence-electron chi connectivity index (χ3n) is 13.8. The maximum absolute atomic E-state index is 12.3. The second-order valence-corrected chi connectivity index (χ2v) is 22.4. The molecule has 1 aliphatic heterocycles. The van der Waals surface area contributed by atoms with Gasteiger partial charge in [-0.25, -0.2) is 4.98 Å². The van der Waals surface area contributed by atoms with Gasteiger partial charge in [0.2, 0.25) is 5.78 Å². The number of ketones is 1. The van der Waals surface area contributed by atoms with Crippen LogP contribution in [0.2, 0.25) is 0 Å². The Bertz CT molecular complexity index is 3290. The number of methoxy groups -OCH3 is 2. The molecule has 3 aliphatic carbocycles. The minimum absolute atomic E-state index is 0.00833. The van der Waals surface area contributed by atoms with Gasteiger partial charge in [-0.15, -0.1) is 0 Å². The lowest BCUT2D eigenvalue weighted by Crippen LogP contribution is -2.08. The van der Waals surface area contributed by atoms with Gasteiger partial charge in [0.1, 0.15) is 17.9 Å². The SMILES string of the molecule is COC(c1cccc(Br)c1)c1cc2c(cn1)CCC2.COC(c1cccc(Br)c1)c1cc2c(cn1)CNC2.O=C(c1cccc(Br)c1)c1cc2c(cn1)CCC2.[N-]=[N+]=C(c1cccc(Br)c1)c1cc2c(cn1)CCC2. The average molecular weight is 1250 g/mol. The van der Waals surface area contributed by atoms with Gasteiger partial charge in [0.25, 0.3) is 0 Å². The number of carbonyl (C=O) groups is 1. The maximum Gasteiger partial charge on any atom is 0.347 e. The smallest absolute Gasteiger partial charge is 0.347 e. The number of benzene rings is 4. The summed E-state index contributed by atoms with van der Waals surface area (Å²) in [6.45, 7) is 1.83. The summed E-state index contributed by atoms with van der Waals surface area (Å²) in [6, 6.07) is 39.8. The summed E-state index contributed by atoms with van der Waals surface area (Å²) in [4.78, 5) is 33.6. The number of halogens is 4. The van der Waals surface area contributed by atoms with Crippen LogP contribution in [0.1, 0.15) is 126 Å². The van der Waals surface area contributed by atoms with E-state index in [0.717, 1.165) is 96.9 Å². The van der Waals surface area contributed by atoms with E-state index in [1.807, 2.05) is 110 Å². The predicted octanol–water partition coefficient (Wildman–Crippen LogP) is 14.2. The molecule has 2 unspecified atom stereocenters. The Morgan fingerprint density at radius 1 is 0.493 bits per heavy atom. The second-order valence-electron chi connectivity index (χ2n) is 18.7. The highest BCUT2D eigenvalue weighted by Crippen LogP contribution is 2.32. The fourth-order valence-electron chi connectivity index (χ4n) is 9.98. The highest BCUT2D eigenvalue weighted by Gasteiger charge is 2.23. The van der Waals surface area contributed by atoms with E-state index in [4.69, 9.17) is 9.47 Å². The number of rotatable bonds is 10. The molecule has 5 heterocycles. The molecule has 0 spiro atoms. The number of nitrogens with one attached hydrogen (secondary N) is 1. The minimum Gasteiger partial charge on any atom is -0.370 e. The Morgan fingerprint density at radius 3 is 1.43 bits per heavy atom. The molecule has 10 nitrogen and oxygen atoms in total. The van der Waals surface area contributed by atoms with Gasteiger partial charge in [0.05, 0.1) is 17.0 Å². The van der Waals surface area contributed by atoms with Gasteiger partial charge in [0.15, 0.2) is 5.69 Å². The Kier molecular flexibility index (Phi) is 18.7. The fraction of sp³-hybridized carbons (Fsp3) is 0.246. The summed E-state index contributed by atoms with van der Waals surface area (Å²) >= 11 is 13.8. The Balaban J connectivity index is 0.000000122. The molecule has 2 atom stereocenters. The average Bonchev–Trinajstić information content (AvgIpc) is 4.28. The first-order valence-electron chi connectivity index (χ1n) is 25.0. The highest BCUT2D eigenvalue weighted by molar-refractivity contribution is 9.11. The van der Waals surface area contributed by atoms with E-state index in [0.29, 0.717) is 17.0 Å². The van der Waals surface area contributed by atoms with Crippen molar-refractivity contribution in [3.05, 3.63) is 259 Å². The number of aromatic nitrogens is 4. The Labute approximate surface area is 472 Å². The molecule has 75 heavy (non-hydrogen) atoms. The van der Waals surface area contributed by atoms with Crippen molar-refractivity contribution in [1.29, 1.82) is 0 Å². The van der Waals surface area contributed by atoms with Crippen LogP contribution in [0.4, 0.5) is 0 Å². The van der Waals surface area contributed by atoms with Crippen LogP contribution in [0.5, 0.6) is 0 Å². The van der Waals surface area contributed by atoms with E-state index >= 15 is 0 Å². The van der Waals surface area contributed by atoms with E-state index in [1.165, 1.54) is 70.2 Å². The van der Waals surface area contributed by atoms with Crippen molar-refractivity contribution in [2.45, 2.75) is 83.1 Å². The first kappa shape index (κ1) is 54.1. The highest BCUT2D eigenvalue weighted by atomic mass is 79.9. The first-order valence-corrected chi connectivity index (χ1v) is 28.2. The molecule has 12 rings (SSSR count). The van der Waals surface area contributed by atoms with Crippen LogP contribution in [-0.2, 0) is 61.1 Å². The molecule has 4 aromatic carbocycles. The summed E-state index contributed by atoms with van der Waals surface area (Å²) < 4.78 is 15.3. The lowest BCUT2D eigenvalue weighted by atomic mass is 10.0. The number of fused-ring (bicyclic) bond motifs is 4. The summed E-state index contributed by atoms with van der Waals surface area (Å²) in [5, 5.41) is 3.33. The first-order chi connectivity index (χ1) is 36.6. The number of carbonyl (C=O) groups excluding carboxylic acids is 1. The van der Waals surface area contributed by atoms with Crippen molar-refractivity contribution >= 4 is 75.2 Å². The predicted molar refractivity (Wildman–Crippen MR) is 308 cm³/mol. The Morgan fingerprint density at radius 2 is 0.907 bits per heavy atom. The lowest BCUT2D eigenvalue weighted by Gasteiger charge is -2.16. The molecule has 4 aliphatic rings. The van der Waals surface area contributed by atoms with Gasteiger partial charge >= 0.3 is 5.71 Å². The molecule has 0 amide bonds. The zero-order valence-corrected chi connectivity index (χ0v) is 48.1. The second kappa shape index (κ2) is 25.9. The van der Waals surface area contributed by atoms with Crippen molar-refractivity contribution in [3.8, 4) is 0 Å². The third kappa shape index (κ3) is 13.7. The van der Waals surface area contributed by atoms with Gasteiger partial charge in [-0.1, -0.05) is 106 Å². The van der Waals surface area contributed by atoms with Crippen LogP contribution in [0.3, 0.4) is 0 Å². The number of aryl methyl sites for hydroxylation is 6. The molecular weight excluding hydrogens is 1200 g/mol. The van der Waals surface area contributed by atoms with Crippen molar-refractivity contribution in [1.82, 2.24) is 25.3 Å². The molecule has 0 saturated carbocycles. The van der Waals surface area contributed by atoms with E-state index in [1.54, 1.807) is 14.2 Å². The number of nitrogens with zero attached hydrogens (tertiary/aromatic N) is 6. The summed E-state index contributed by atoms with van der Waals surface area (Å²) in [7, 11) is 3.46. The molecular formula is C61H55Br4N7O3. The maximum atomic E-state index is 12.3.